The number of nitrogens with zero attached hydrogens (tertiary/aromatic N) is 4. The maximum Gasteiger partial charge on any atom is 0.243 e. The molecule has 1 aliphatic rings. The summed E-state index contributed by atoms with van der Waals surface area (Å²) >= 11 is 0. The molecule has 1 saturated heterocycles. The second kappa shape index (κ2) is 8.21. The molecule has 9 heteroatoms. The number of halogens is 2. The van der Waals surface area contributed by atoms with Crippen molar-refractivity contribution in [1.82, 2.24) is 9.29 Å². The number of anilines is 1. The molecule has 0 bridgehead atoms. The summed E-state index contributed by atoms with van der Waals surface area (Å²) in [7, 11) is -3.78. The molecule has 160 valence electrons. The number of hydrogen-bond acceptors (Lipinski definition) is 5. The van der Waals surface area contributed by atoms with E-state index in [1.54, 1.807) is 6.92 Å². The van der Waals surface area contributed by atoms with E-state index in [-0.39, 0.29) is 18.0 Å². The number of hydrogen-bond donors (Lipinski definition) is 0. The van der Waals surface area contributed by atoms with E-state index in [1.807, 2.05) is 4.90 Å². The van der Waals surface area contributed by atoms with Crippen molar-refractivity contribution < 1.29 is 17.2 Å². The maximum absolute atomic E-state index is 14.2. The van der Waals surface area contributed by atoms with Crippen LogP contribution in [0.2, 0.25) is 0 Å². The number of rotatable bonds is 3. The SMILES string of the molecule is Cc1cc(F)cc2c(N3CCCN(S(=O)(=O)c4ccc(F)cc4)CC3)c(C#N)cnc12. The van der Waals surface area contributed by atoms with Gasteiger partial charge in [-0.1, -0.05) is 0 Å². The Balaban J connectivity index is 1.69. The van der Waals surface area contributed by atoms with Crippen molar-refractivity contribution in [1.29, 1.82) is 5.26 Å². The Morgan fingerprint density at radius 2 is 1.77 bits per heavy atom. The van der Waals surface area contributed by atoms with Crippen LogP contribution in [0.4, 0.5) is 14.5 Å². The first kappa shape index (κ1) is 21.2. The van der Waals surface area contributed by atoms with Crippen molar-refractivity contribution in [3.8, 4) is 6.07 Å². The number of aryl methyl sites for hydroxylation is 1. The fourth-order valence-corrected chi connectivity index (χ4v) is 5.43. The predicted octanol–water partition coefficient (Wildman–Crippen LogP) is 3.59. The number of sulfonamides is 1. The summed E-state index contributed by atoms with van der Waals surface area (Å²) in [4.78, 5) is 6.27. The van der Waals surface area contributed by atoms with E-state index in [1.165, 1.54) is 34.8 Å². The summed E-state index contributed by atoms with van der Waals surface area (Å²) in [6, 6.07) is 9.63. The largest absolute Gasteiger partial charge is 0.368 e. The van der Waals surface area contributed by atoms with E-state index in [9.17, 15) is 22.5 Å². The van der Waals surface area contributed by atoms with Crippen LogP contribution in [0.5, 0.6) is 0 Å². The summed E-state index contributed by atoms with van der Waals surface area (Å²) in [6.07, 6.45) is 1.99. The molecule has 0 unspecified atom stereocenters. The normalized spacial score (nSPS) is 15.6. The smallest absolute Gasteiger partial charge is 0.243 e. The summed E-state index contributed by atoms with van der Waals surface area (Å²) in [5.74, 6) is -0.921. The summed E-state index contributed by atoms with van der Waals surface area (Å²) < 4.78 is 54.7. The Morgan fingerprint density at radius 1 is 1.03 bits per heavy atom. The third kappa shape index (κ3) is 3.96. The van der Waals surface area contributed by atoms with Crippen LogP contribution in [0.15, 0.2) is 47.5 Å². The van der Waals surface area contributed by atoms with Crippen LogP contribution >= 0.6 is 0 Å². The highest BCUT2D eigenvalue weighted by Crippen LogP contribution is 2.32. The zero-order valence-electron chi connectivity index (χ0n) is 16.8. The van der Waals surface area contributed by atoms with Crippen LogP contribution in [-0.2, 0) is 10.0 Å². The predicted molar refractivity (Wildman–Crippen MR) is 113 cm³/mol. The first-order chi connectivity index (χ1) is 14.8. The van der Waals surface area contributed by atoms with Gasteiger partial charge in [-0.05, 0) is 55.3 Å². The van der Waals surface area contributed by atoms with E-state index in [0.29, 0.717) is 47.2 Å². The molecule has 1 fully saturated rings. The maximum atomic E-state index is 14.2. The summed E-state index contributed by atoms with van der Waals surface area (Å²) in [5.41, 5.74) is 2.15. The van der Waals surface area contributed by atoms with Crippen LogP contribution in [0.25, 0.3) is 10.9 Å². The number of nitriles is 1. The lowest BCUT2D eigenvalue weighted by molar-refractivity contribution is 0.433. The molecule has 0 amide bonds. The molecule has 2 heterocycles. The van der Waals surface area contributed by atoms with Crippen molar-refractivity contribution >= 4 is 26.6 Å². The Bertz CT molecular complexity index is 1290. The second-order valence-corrected chi connectivity index (χ2v) is 9.39. The van der Waals surface area contributed by atoms with Gasteiger partial charge in [0.15, 0.2) is 0 Å². The molecular weight excluding hydrogens is 422 g/mol. The Kier molecular flexibility index (Phi) is 5.60. The van der Waals surface area contributed by atoms with Gasteiger partial charge in [-0.2, -0.15) is 9.57 Å². The average Bonchev–Trinajstić information content (AvgIpc) is 2.99. The van der Waals surface area contributed by atoms with Gasteiger partial charge < -0.3 is 4.90 Å². The van der Waals surface area contributed by atoms with Crippen molar-refractivity contribution in [2.75, 3.05) is 31.1 Å². The standard InChI is InChI=1S/C22H20F2N4O2S/c1-15-11-18(24)12-20-21(15)26-14-16(13-25)22(20)27-7-2-8-28(10-9-27)31(29,30)19-5-3-17(23)4-6-19/h3-6,11-12,14H,2,7-10H2,1H3. The van der Waals surface area contributed by atoms with Crippen molar-refractivity contribution in [2.45, 2.75) is 18.2 Å². The monoisotopic (exact) mass is 442 g/mol. The molecule has 0 saturated carbocycles. The van der Waals surface area contributed by atoms with Crippen molar-refractivity contribution in [3.63, 3.8) is 0 Å². The number of fused-ring (bicyclic) bond motifs is 1. The van der Waals surface area contributed by atoms with Gasteiger partial charge in [-0.3, -0.25) is 4.98 Å². The van der Waals surface area contributed by atoms with Gasteiger partial charge in [0.25, 0.3) is 0 Å². The second-order valence-electron chi connectivity index (χ2n) is 7.45. The molecule has 1 aliphatic heterocycles. The summed E-state index contributed by atoms with van der Waals surface area (Å²) in [5, 5.41) is 10.2. The highest BCUT2D eigenvalue weighted by atomic mass is 32.2. The number of aromatic nitrogens is 1. The zero-order chi connectivity index (χ0) is 22.2. The highest BCUT2D eigenvalue weighted by molar-refractivity contribution is 7.89. The van der Waals surface area contributed by atoms with Crippen LogP contribution in [0.3, 0.4) is 0 Å². The molecule has 2 aromatic carbocycles. The lowest BCUT2D eigenvalue weighted by Gasteiger charge is -2.26. The molecule has 6 nitrogen and oxygen atoms in total. The quantitative estimate of drug-likeness (QED) is 0.620. The lowest BCUT2D eigenvalue weighted by Crippen LogP contribution is -2.35. The van der Waals surface area contributed by atoms with Gasteiger partial charge in [0.05, 0.1) is 21.7 Å². The minimum Gasteiger partial charge on any atom is -0.368 e. The van der Waals surface area contributed by atoms with Crippen LogP contribution in [0.1, 0.15) is 17.5 Å². The van der Waals surface area contributed by atoms with E-state index in [0.717, 1.165) is 12.1 Å². The third-order valence-corrected chi connectivity index (χ3v) is 7.35. The fraction of sp³-hybridized carbons (Fsp3) is 0.273. The molecular formula is C22H20F2N4O2S. The molecule has 0 N–H and O–H groups in total. The third-order valence-electron chi connectivity index (χ3n) is 5.44. The molecule has 31 heavy (non-hydrogen) atoms. The topological polar surface area (TPSA) is 77.3 Å². The zero-order valence-corrected chi connectivity index (χ0v) is 17.7. The van der Waals surface area contributed by atoms with Crippen LogP contribution < -0.4 is 4.90 Å². The van der Waals surface area contributed by atoms with E-state index in [4.69, 9.17) is 0 Å². The van der Waals surface area contributed by atoms with Gasteiger partial charge >= 0.3 is 0 Å². The Labute approximate surface area is 179 Å². The average molecular weight is 442 g/mol. The minimum atomic E-state index is -3.78. The van der Waals surface area contributed by atoms with Crippen LogP contribution in [-0.4, -0.2) is 43.9 Å². The van der Waals surface area contributed by atoms with Crippen LogP contribution in [0, 0.1) is 29.9 Å². The van der Waals surface area contributed by atoms with E-state index in [2.05, 4.69) is 11.1 Å². The molecule has 0 radical (unpaired) electrons. The van der Waals surface area contributed by atoms with E-state index >= 15 is 0 Å². The van der Waals surface area contributed by atoms with E-state index < -0.39 is 21.7 Å². The number of pyridine rings is 1. The summed E-state index contributed by atoms with van der Waals surface area (Å²) in [6.45, 7) is 3.05. The molecule has 3 aromatic rings. The molecule has 0 spiro atoms. The Morgan fingerprint density at radius 3 is 2.48 bits per heavy atom. The molecule has 1 aromatic heterocycles. The lowest BCUT2D eigenvalue weighted by atomic mass is 10.0. The van der Waals surface area contributed by atoms with Gasteiger partial charge in [-0.15, -0.1) is 0 Å². The molecule has 4 rings (SSSR count). The van der Waals surface area contributed by atoms with Gasteiger partial charge in [0.2, 0.25) is 10.0 Å². The fourth-order valence-electron chi connectivity index (χ4n) is 3.96. The van der Waals surface area contributed by atoms with Gasteiger partial charge in [0.1, 0.15) is 17.7 Å². The minimum absolute atomic E-state index is 0.0344. The number of benzene rings is 2. The van der Waals surface area contributed by atoms with Gasteiger partial charge in [0, 0.05) is 37.8 Å². The van der Waals surface area contributed by atoms with Gasteiger partial charge in [-0.25, -0.2) is 17.2 Å². The Hall–Kier alpha value is -3.09. The first-order valence-corrected chi connectivity index (χ1v) is 11.2. The van der Waals surface area contributed by atoms with Crippen molar-refractivity contribution in [3.05, 3.63) is 65.4 Å². The van der Waals surface area contributed by atoms with Crippen molar-refractivity contribution in [2.24, 2.45) is 0 Å². The molecule has 0 aliphatic carbocycles. The highest BCUT2D eigenvalue weighted by Gasteiger charge is 2.28. The first-order valence-electron chi connectivity index (χ1n) is 9.81. The molecule has 0 atom stereocenters.